The summed E-state index contributed by atoms with van der Waals surface area (Å²) in [6.07, 6.45) is 9.50. The average Bonchev–Trinajstić information content (AvgIpc) is 2.51. The van der Waals surface area contributed by atoms with Crippen molar-refractivity contribution in [2.45, 2.75) is 39.2 Å². The van der Waals surface area contributed by atoms with E-state index in [-0.39, 0.29) is 0 Å². The smallest absolute Gasteiger partial charge is 0.0632 e. The standard InChI is InChI=1S/C11H17BrN2/c1-9-3-2-4-10(5-9)7-14-8-11(12)6-13-14/h6,8-10H,2-5,7H2,1H3. The van der Waals surface area contributed by atoms with Gasteiger partial charge in [0.15, 0.2) is 0 Å². The SMILES string of the molecule is CC1CCCC(Cn2cc(Br)cn2)C1. The molecule has 14 heavy (non-hydrogen) atoms. The van der Waals surface area contributed by atoms with E-state index in [9.17, 15) is 0 Å². The first kappa shape index (κ1) is 10.2. The van der Waals surface area contributed by atoms with Gasteiger partial charge in [0.2, 0.25) is 0 Å². The first-order valence-corrected chi connectivity index (χ1v) is 6.21. The molecule has 0 spiro atoms. The minimum atomic E-state index is 0.838. The molecule has 0 bridgehead atoms. The Morgan fingerprint density at radius 3 is 3.07 bits per heavy atom. The largest absolute Gasteiger partial charge is 0.271 e. The van der Waals surface area contributed by atoms with Crippen LogP contribution in [0.2, 0.25) is 0 Å². The monoisotopic (exact) mass is 256 g/mol. The minimum absolute atomic E-state index is 0.838. The van der Waals surface area contributed by atoms with Crippen molar-refractivity contribution >= 4 is 15.9 Å². The number of rotatable bonds is 2. The van der Waals surface area contributed by atoms with Crippen molar-refractivity contribution in [1.29, 1.82) is 0 Å². The molecule has 0 amide bonds. The van der Waals surface area contributed by atoms with Gasteiger partial charge in [-0.2, -0.15) is 5.10 Å². The van der Waals surface area contributed by atoms with Gasteiger partial charge in [0.1, 0.15) is 0 Å². The van der Waals surface area contributed by atoms with Gasteiger partial charge in [0, 0.05) is 12.7 Å². The molecule has 1 heterocycles. The van der Waals surface area contributed by atoms with Crippen molar-refractivity contribution in [2.75, 3.05) is 0 Å². The van der Waals surface area contributed by atoms with Crippen molar-refractivity contribution < 1.29 is 0 Å². The Hall–Kier alpha value is -0.310. The lowest BCUT2D eigenvalue weighted by molar-refractivity contribution is 0.250. The summed E-state index contributed by atoms with van der Waals surface area (Å²) >= 11 is 3.43. The second-order valence-corrected chi connectivity index (χ2v) is 5.43. The lowest BCUT2D eigenvalue weighted by Crippen LogP contribution is -2.18. The Bertz CT molecular complexity index is 295. The molecule has 2 rings (SSSR count). The van der Waals surface area contributed by atoms with E-state index in [4.69, 9.17) is 0 Å². The summed E-state index contributed by atoms with van der Waals surface area (Å²) in [5.74, 6) is 1.75. The second kappa shape index (κ2) is 4.47. The van der Waals surface area contributed by atoms with Gasteiger partial charge >= 0.3 is 0 Å². The Morgan fingerprint density at radius 2 is 2.43 bits per heavy atom. The van der Waals surface area contributed by atoms with E-state index in [1.165, 1.54) is 25.7 Å². The average molecular weight is 257 g/mol. The maximum absolute atomic E-state index is 4.30. The lowest BCUT2D eigenvalue weighted by Gasteiger charge is -2.26. The van der Waals surface area contributed by atoms with Crippen LogP contribution in [0.25, 0.3) is 0 Å². The normalized spacial score (nSPS) is 27.9. The molecule has 78 valence electrons. The molecule has 2 nitrogen and oxygen atoms in total. The molecule has 1 aromatic rings. The summed E-state index contributed by atoms with van der Waals surface area (Å²) in [4.78, 5) is 0. The first-order valence-electron chi connectivity index (χ1n) is 5.42. The predicted molar refractivity (Wildman–Crippen MR) is 61.0 cm³/mol. The van der Waals surface area contributed by atoms with E-state index in [0.29, 0.717) is 0 Å². The molecular weight excluding hydrogens is 240 g/mol. The Labute approximate surface area is 93.8 Å². The molecule has 0 N–H and O–H groups in total. The van der Waals surface area contributed by atoms with E-state index in [0.717, 1.165) is 22.9 Å². The third-order valence-electron chi connectivity index (χ3n) is 3.09. The molecule has 0 radical (unpaired) electrons. The highest BCUT2D eigenvalue weighted by atomic mass is 79.9. The van der Waals surface area contributed by atoms with E-state index in [1.807, 2.05) is 6.20 Å². The Kier molecular flexibility index (Phi) is 3.26. The topological polar surface area (TPSA) is 17.8 Å². The van der Waals surface area contributed by atoms with Crippen LogP contribution in [-0.4, -0.2) is 9.78 Å². The number of aromatic nitrogens is 2. The third-order valence-corrected chi connectivity index (χ3v) is 3.50. The number of hydrogen-bond acceptors (Lipinski definition) is 1. The van der Waals surface area contributed by atoms with Crippen molar-refractivity contribution in [1.82, 2.24) is 9.78 Å². The summed E-state index contributed by atoms with van der Waals surface area (Å²) in [7, 11) is 0. The zero-order valence-corrected chi connectivity index (χ0v) is 10.2. The molecule has 1 saturated carbocycles. The summed E-state index contributed by atoms with van der Waals surface area (Å²) in [5.41, 5.74) is 0. The lowest BCUT2D eigenvalue weighted by atomic mass is 9.82. The maximum Gasteiger partial charge on any atom is 0.0632 e. The number of halogens is 1. The maximum atomic E-state index is 4.30. The van der Waals surface area contributed by atoms with Crippen LogP contribution in [-0.2, 0) is 6.54 Å². The quantitative estimate of drug-likeness (QED) is 0.793. The Balaban J connectivity index is 1.90. The minimum Gasteiger partial charge on any atom is -0.271 e. The summed E-state index contributed by atoms with van der Waals surface area (Å²) < 4.78 is 3.15. The van der Waals surface area contributed by atoms with Gasteiger partial charge in [-0.05, 0) is 40.6 Å². The molecule has 1 aromatic heterocycles. The fraction of sp³-hybridized carbons (Fsp3) is 0.727. The molecule has 1 fully saturated rings. The third kappa shape index (κ3) is 2.59. The summed E-state index contributed by atoms with van der Waals surface area (Å²) in [6, 6.07) is 0. The van der Waals surface area contributed by atoms with Crippen LogP contribution in [0.4, 0.5) is 0 Å². The van der Waals surface area contributed by atoms with Crippen molar-refractivity contribution in [3.63, 3.8) is 0 Å². The van der Waals surface area contributed by atoms with Crippen LogP contribution in [0.1, 0.15) is 32.6 Å². The fourth-order valence-corrected chi connectivity index (χ4v) is 2.76. The van der Waals surface area contributed by atoms with Crippen LogP contribution in [0, 0.1) is 11.8 Å². The van der Waals surface area contributed by atoms with E-state index >= 15 is 0 Å². The zero-order valence-electron chi connectivity index (χ0n) is 8.62. The van der Waals surface area contributed by atoms with Gasteiger partial charge in [0.25, 0.3) is 0 Å². The molecule has 2 atom stereocenters. The van der Waals surface area contributed by atoms with Crippen LogP contribution >= 0.6 is 15.9 Å². The van der Waals surface area contributed by atoms with Crippen LogP contribution in [0.3, 0.4) is 0 Å². The van der Waals surface area contributed by atoms with Crippen LogP contribution in [0.5, 0.6) is 0 Å². The van der Waals surface area contributed by atoms with Crippen LogP contribution in [0.15, 0.2) is 16.9 Å². The van der Waals surface area contributed by atoms with E-state index in [1.54, 1.807) is 0 Å². The van der Waals surface area contributed by atoms with Gasteiger partial charge in [-0.1, -0.05) is 19.8 Å². The highest BCUT2D eigenvalue weighted by molar-refractivity contribution is 9.10. The highest BCUT2D eigenvalue weighted by Gasteiger charge is 2.19. The molecular formula is C11H17BrN2. The zero-order chi connectivity index (χ0) is 9.97. The van der Waals surface area contributed by atoms with Gasteiger partial charge in [-0.15, -0.1) is 0 Å². The molecule has 0 aromatic carbocycles. The number of nitrogens with zero attached hydrogens (tertiary/aromatic N) is 2. The van der Waals surface area contributed by atoms with Gasteiger partial charge in [0.05, 0.1) is 10.7 Å². The van der Waals surface area contributed by atoms with E-state index in [2.05, 4.69) is 38.8 Å². The van der Waals surface area contributed by atoms with Gasteiger partial charge < -0.3 is 0 Å². The van der Waals surface area contributed by atoms with Gasteiger partial charge in [-0.25, -0.2) is 0 Å². The molecule has 3 heteroatoms. The first-order chi connectivity index (χ1) is 6.74. The summed E-state index contributed by atoms with van der Waals surface area (Å²) in [5, 5.41) is 4.30. The molecule has 1 aliphatic carbocycles. The molecule has 2 unspecified atom stereocenters. The highest BCUT2D eigenvalue weighted by Crippen LogP contribution is 2.29. The molecule has 1 aliphatic rings. The molecule has 0 saturated heterocycles. The van der Waals surface area contributed by atoms with Gasteiger partial charge in [-0.3, -0.25) is 4.68 Å². The second-order valence-electron chi connectivity index (χ2n) is 4.52. The van der Waals surface area contributed by atoms with Crippen molar-refractivity contribution in [3.05, 3.63) is 16.9 Å². The van der Waals surface area contributed by atoms with Crippen molar-refractivity contribution in [2.24, 2.45) is 11.8 Å². The van der Waals surface area contributed by atoms with E-state index < -0.39 is 0 Å². The summed E-state index contributed by atoms with van der Waals surface area (Å²) in [6.45, 7) is 3.46. The number of hydrogen-bond donors (Lipinski definition) is 0. The van der Waals surface area contributed by atoms with Crippen molar-refractivity contribution in [3.8, 4) is 0 Å². The fourth-order valence-electron chi connectivity index (χ4n) is 2.43. The Morgan fingerprint density at radius 1 is 1.57 bits per heavy atom. The van der Waals surface area contributed by atoms with Crippen LogP contribution < -0.4 is 0 Å². The molecule has 0 aliphatic heterocycles. The predicted octanol–water partition coefficient (Wildman–Crippen LogP) is 3.47.